The summed E-state index contributed by atoms with van der Waals surface area (Å²) < 4.78 is 5.09. The third-order valence-electron chi connectivity index (χ3n) is 2.80. The highest BCUT2D eigenvalue weighted by molar-refractivity contribution is 7.99. The molecule has 1 heterocycles. The Morgan fingerprint density at radius 1 is 1.63 bits per heavy atom. The van der Waals surface area contributed by atoms with Gasteiger partial charge < -0.3 is 10.1 Å². The number of nitrogens with one attached hydrogen (secondary N) is 2. The van der Waals surface area contributed by atoms with E-state index in [1.807, 2.05) is 13.8 Å². The van der Waals surface area contributed by atoms with Gasteiger partial charge in [-0.05, 0) is 33.1 Å². The standard InChI is InChI=1S/C12H20N4O2S/c1-3-18-11(17)10(14-9-4-5-9)6-7-19-12-13-8(2)15-16-12/h9-10,14H,3-7H2,1-2H3,(H,13,15,16). The molecule has 0 amide bonds. The Kier molecular flexibility index (Phi) is 5.21. The average Bonchev–Trinajstić information content (AvgIpc) is 3.10. The number of hydrogen-bond acceptors (Lipinski definition) is 6. The largest absolute Gasteiger partial charge is 0.465 e. The maximum atomic E-state index is 11.8. The van der Waals surface area contributed by atoms with Gasteiger partial charge in [-0.1, -0.05) is 11.8 Å². The molecule has 1 unspecified atom stereocenters. The molecule has 0 radical (unpaired) electrons. The van der Waals surface area contributed by atoms with E-state index in [4.69, 9.17) is 4.74 Å². The molecule has 1 atom stereocenters. The van der Waals surface area contributed by atoms with E-state index < -0.39 is 0 Å². The summed E-state index contributed by atoms with van der Waals surface area (Å²) in [4.78, 5) is 16.0. The first-order valence-corrected chi connectivity index (χ1v) is 7.62. The lowest BCUT2D eigenvalue weighted by Gasteiger charge is -2.16. The number of aryl methyl sites for hydroxylation is 1. The van der Waals surface area contributed by atoms with Gasteiger partial charge in [-0.25, -0.2) is 4.98 Å². The topological polar surface area (TPSA) is 79.9 Å². The van der Waals surface area contributed by atoms with E-state index in [0.717, 1.165) is 36.0 Å². The second-order valence-corrected chi connectivity index (χ2v) is 5.65. The van der Waals surface area contributed by atoms with Gasteiger partial charge in [0.25, 0.3) is 0 Å². The number of aromatic amines is 1. The number of carbonyl (C=O) groups excluding carboxylic acids is 1. The van der Waals surface area contributed by atoms with Crippen LogP contribution in [-0.4, -0.2) is 45.6 Å². The third kappa shape index (κ3) is 4.83. The monoisotopic (exact) mass is 284 g/mol. The first-order valence-electron chi connectivity index (χ1n) is 6.63. The van der Waals surface area contributed by atoms with E-state index in [1.165, 1.54) is 0 Å². The fourth-order valence-corrected chi connectivity index (χ4v) is 2.55. The Morgan fingerprint density at radius 3 is 3.00 bits per heavy atom. The summed E-state index contributed by atoms with van der Waals surface area (Å²) in [5.41, 5.74) is 0. The number of esters is 1. The highest BCUT2D eigenvalue weighted by Gasteiger charge is 2.28. The number of hydrogen-bond donors (Lipinski definition) is 2. The van der Waals surface area contributed by atoms with E-state index in [0.29, 0.717) is 12.6 Å². The summed E-state index contributed by atoms with van der Waals surface area (Å²) in [6, 6.07) is 0.283. The molecule has 1 aromatic rings. The zero-order valence-electron chi connectivity index (χ0n) is 11.3. The number of rotatable bonds is 8. The molecule has 6 nitrogen and oxygen atoms in total. The van der Waals surface area contributed by atoms with Crippen LogP contribution in [0, 0.1) is 6.92 Å². The van der Waals surface area contributed by atoms with Crippen molar-refractivity contribution in [3.05, 3.63) is 5.82 Å². The van der Waals surface area contributed by atoms with Gasteiger partial charge in [0.15, 0.2) is 0 Å². The van der Waals surface area contributed by atoms with Crippen LogP contribution in [0.1, 0.15) is 32.0 Å². The Bertz CT molecular complexity index is 420. The van der Waals surface area contributed by atoms with Gasteiger partial charge in [0.2, 0.25) is 5.16 Å². The summed E-state index contributed by atoms with van der Waals surface area (Å²) in [6.45, 7) is 4.12. The highest BCUT2D eigenvalue weighted by atomic mass is 32.2. The number of nitrogens with zero attached hydrogens (tertiary/aromatic N) is 2. The maximum absolute atomic E-state index is 11.8. The summed E-state index contributed by atoms with van der Waals surface area (Å²) in [6.07, 6.45) is 3.04. The molecule has 0 aromatic carbocycles. The first-order chi connectivity index (χ1) is 9.19. The summed E-state index contributed by atoms with van der Waals surface area (Å²) >= 11 is 1.55. The second-order valence-electron chi connectivity index (χ2n) is 4.59. The molecule has 7 heteroatoms. The Balaban J connectivity index is 1.76. The molecule has 1 aromatic heterocycles. The number of aromatic nitrogens is 3. The Labute approximate surface area is 117 Å². The molecule has 1 saturated carbocycles. The number of ether oxygens (including phenoxy) is 1. The van der Waals surface area contributed by atoms with E-state index in [2.05, 4.69) is 20.5 Å². The molecule has 0 spiro atoms. The van der Waals surface area contributed by atoms with Gasteiger partial charge in [0.05, 0.1) is 6.61 Å². The normalized spacial score (nSPS) is 16.3. The van der Waals surface area contributed by atoms with E-state index in [-0.39, 0.29) is 12.0 Å². The molecule has 2 N–H and O–H groups in total. The van der Waals surface area contributed by atoms with Crippen molar-refractivity contribution in [2.45, 2.75) is 50.4 Å². The molecule has 2 rings (SSSR count). The smallest absolute Gasteiger partial charge is 0.323 e. The fourth-order valence-electron chi connectivity index (χ4n) is 1.70. The molecule has 106 valence electrons. The van der Waals surface area contributed by atoms with Crippen molar-refractivity contribution >= 4 is 17.7 Å². The molecule has 19 heavy (non-hydrogen) atoms. The second kappa shape index (κ2) is 6.91. The minimum Gasteiger partial charge on any atom is -0.465 e. The molecule has 0 aliphatic heterocycles. The number of H-pyrrole nitrogens is 1. The number of thioether (sulfide) groups is 1. The van der Waals surface area contributed by atoms with E-state index in [1.54, 1.807) is 11.8 Å². The summed E-state index contributed by atoms with van der Waals surface area (Å²) in [5.74, 6) is 1.45. The van der Waals surface area contributed by atoms with Crippen molar-refractivity contribution in [2.75, 3.05) is 12.4 Å². The van der Waals surface area contributed by atoms with Gasteiger partial charge in [0, 0.05) is 11.8 Å². The van der Waals surface area contributed by atoms with Gasteiger partial charge in [-0.2, -0.15) is 0 Å². The predicted octanol–water partition coefficient (Wildman–Crippen LogP) is 1.28. The molecular weight excluding hydrogens is 264 g/mol. The van der Waals surface area contributed by atoms with Crippen LogP contribution in [0.25, 0.3) is 0 Å². The third-order valence-corrected chi connectivity index (χ3v) is 3.68. The summed E-state index contributed by atoms with van der Waals surface area (Å²) in [7, 11) is 0. The minimum atomic E-state index is -0.208. The lowest BCUT2D eigenvalue weighted by atomic mass is 10.2. The SMILES string of the molecule is CCOC(=O)C(CCSc1n[nH]c(C)n1)NC1CC1. The van der Waals surface area contributed by atoms with Gasteiger partial charge >= 0.3 is 5.97 Å². The van der Waals surface area contributed by atoms with Gasteiger partial charge in [-0.15, -0.1) is 5.10 Å². The zero-order valence-corrected chi connectivity index (χ0v) is 12.1. The quantitative estimate of drug-likeness (QED) is 0.553. The van der Waals surface area contributed by atoms with Crippen LogP contribution < -0.4 is 5.32 Å². The number of carbonyl (C=O) groups is 1. The average molecular weight is 284 g/mol. The van der Waals surface area contributed by atoms with Crippen molar-refractivity contribution in [3.8, 4) is 0 Å². The van der Waals surface area contributed by atoms with Crippen LogP contribution in [0.4, 0.5) is 0 Å². The lowest BCUT2D eigenvalue weighted by Crippen LogP contribution is -2.39. The van der Waals surface area contributed by atoms with Crippen LogP contribution in [0.3, 0.4) is 0 Å². The lowest BCUT2D eigenvalue weighted by molar-refractivity contribution is -0.145. The van der Waals surface area contributed by atoms with E-state index in [9.17, 15) is 4.79 Å². The van der Waals surface area contributed by atoms with Crippen molar-refractivity contribution in [1.82, 2.24) is 20.5 Å². The van der Waals surface area contributed by atoms with Crippen LogP contribution in [0.5, 0.6) is 0 Å². The molecular formula is C12H20N4O2S. The Morgan fingerprint density at radius 2 is 2.42 bits per heavy atom. The zero-order chi connectivity index (χ0) is 13.7. The molecule has 1 aliphatic carbocycles. The van der Waals surface area contributed by atoms with Crippen LogP contribution in [-0.2, 0) is 9.53 Å². The van der Waals surface area contributed by atoms with Gasteiger partial charge in [-0.3, -0.25) is 9.89 Å². The van der Waals surface area contributed by atoms with Crippen molar-refractivity contribution in [2.24, 2.45) is 0 Å². The summed E-state index contributed by atoms with van der Waals surface area (Å²) in [5, 5.41) is 10.9. The van der Waals surface area contributed by atoms with Crippen LogP contribution in [0.2, 0.25) is 0 Å². The van der Waals surface area contributed by atoms with Crippen molar-refractivity contribution in [3.63, 3.8) is 0 Å². The predicted molar refractivity (Wildman–Crippen MR) is 73.0 cm³/mol. The molecule has 1 aliphatic rings. The van der Waals surface area contributed by atoms with Gasteiger partial charge in [0.1, 0.15) is 11.9 Å². The first kappa shape index (κ1) is 14.3. The van der Waals surface area contributed by atoms with Crippen LogP contribution in [0.15, 0.2) is 5.16 Å². The van der Waals surface area contributed by atoms with Crippen molar-refractivity contribution < 1.29 is 9.53 Å². The minimum absolute atomic E-state index is 0.152. The molecule has 0 saturated heterocycles. The molecule has 0 bridgehead atoms. The Hall–Kier alpha value is -1.08. The molecule has 1 fully saturated rings. The van der Waals surface area contributed by atoms with E-state index >= 15 is 0 Å². The maximum Gasteiger partial charge on any atom is 0.323 e. The van der Waals surface area contributed by atoms with Crippen molar-refractivity contribution in [1.29, 1.82) is 0 Å². The highest BCUT2D eigenvalue weighted by Crippen LogP contribution is 2.21. The fraction of sp³-hybridized carbons (Fsp3) is 0.750. The van der Waals surface area contributed by atoms with Crippen LogP contribution >= 0.6 is 11.8 Å².